The molecule has 2 nitrogen and oxygen atoms in total. The van der Waals surface area contributed by atoms with Crippen molar-refractivity contribution < 1.29 is 5.11 Å². The van der Waals surface area contributed by atoms with Gasteiger partial charge in [-0.05, 0) is 30.0 Å². The number of benzene rings is 1. The van der Waals surface area contributed by atoms with Crippen LogP contribution in [0.15, 0.2) is 6.07 Å². The monoisotopic (exact) mass is 309 g/mol. The normalized spacial score (nSPS) is 17.3. The standard InChI is InChI=1S/C10H10BrCl2NO/c11-14-3-1-2-7-6(5-14)4-8(12)10(15)9(7)13/h4,15H,1-3,5H2. The van der Waals surface area contributed by atoms with Gasteiger partial charge in [-0.2, -0.15) is 0 Å². The minimum Gasteiger partial charge on any atom is -0.505 e. The zero-order chi connectivity index (χ0) is 11.0. The topological polar surface area (TPSA) is 23.5 Å². The lowest BCUT2D eigenvalue weighted by Gasteiger charge is -2.13. The van der Waals surface area contributed by atoms with Gasteiger partial charge in [-0.1, -0.05) is 23.2 Å². The van der Waals surface area contributed by atoms with E-state index in [1.807, 2.05) is 3.93 Å². The van der Waals surface area contributed by atoms with Gasteiger partial charge in [0.05, 0.1) is 10.0 Å². The summed E-state index contributed by atoms with van der Waals surface area (Å²) in [6.07, 6.45) is 1.89. The lowest BCUT2D eigenvalue weighted by atomic mass is 10.0. The zero-order valence-corrected chi connectivity index (χ0v) is 11.0. The Hall–Kier alpha value is 0.0400. The van der Waals surface area contributed by atoms with Crippen LogP contribution in [0.2, 0.25) is 10.0 Å². The molecule has 82 valence electrons. The molecule has 1 heterocycles. The Labute approximate surface area is 107 Å². The molecule has 1 aromatic carbocycles. The molecule has 0 atom stereocenters. The van der Waals surface area contributed by atoms with Crippen molar-refractivity contribution in [3.8, 4) is 5.75 Å². The van der Waals surface area contributed by atoms with Crippen LogP contribution in [0.25, 0.3) is 0 Å². The lowest BCUT2D eigenvalue weighted by molar-refractivity contribution is 0.474. The maximum atomic E-state index is 9.63. The van der Waals surface area contributed by atoms with E-state index in [-0.39, 0.29) is 5.75 Å². The van der Waals surface area contributed by atoms with Crippen LogP contribution < -0.4 is 0 Å². The second-order valence-electron chi connectivity index (χ2n) is 3.61. The minimum atomic E-state index is 0.0000979. The first-order valence-corrected chi connectivity index (χ1v) is 6.15. The smallest absolute Gasteiger partial charge is 0.153 e. The fourth-order valence-electron chi connectivity index (χ4n) is 1.80. The van der Waals surface area contributed by atoms with E-state index in [1.54, 1.807) is 6.07 Å². The second kappa shape index (κ2) is 4.50. The van der Waals surface area contributed by atoms with Crippen LogP contribution in [0.5, 0.6) is 5.75 Å². The van der Waals surface area contributed by atoms with Crippen molar-refractivity contribution in [3.63, 3.8) is 0 Å². The number of nitrogens with zero attached hydrogens (tertiary/aromatic N) is 1. The van der Waals surface area contributed by atoms with E-state index >= 15 is 0 Å². The molecular formula is C10H10BrCl2NO. The van der Waals surface area contributed by atoms with Crippen LogP contribution in [-0.4, -0.2) is 15.6 Å². The lowest BCUT2D eigenvalue weighted by Crippen LogP contribution is -2.09. The van der Waals surface area contributed by atoms with Crippen molar-refractivity contribution in [3.05, 3.63) is 27.2 Å². The SMILES string of the molecule is Oc1c(Cl)cc2c(c1Cl)CCCN(Br)C2. The molecule has 5 heteroatoms. The molecule has 0 bridgehead atoms. The molecular weight excluding hydrogens is 301 g/mol. The molecule has 0 saturated heterocycles. The van der Waals surface area contributed by atoms with Gasteiger partial charge in [0.15, 0.2) is 5.75 Å². The van der Waals surface area contributed by atoms with Gasteiger partial charge < -0.3 is 5.11 Å². The van der Waals surface area contributed by atoms with E-state index in [0.717, 1.165) is 37.1 Å². The van der Waals surface area contributed by atoms with Crippen LogP contribution in [-0.2, 0) is 13.0 Å². The van der Waals surface area contributed by atoms with Crippen molar-refractivity contribution in [2.24, 2.45) is 0 Å². The maximum Gasteiger partial charge on any atom is 0.153 e. The van der Waals surface area contributed by atoms with Crippen molar-refractivity contribution in [1.29, 1.82) is 0 Å². The molecule has 0 radical (unpaired) electrons. The number of aromatic hydroxyl groups is 1. The summed E-state index contributed by atoms with van der Waals surface area (Å²) in [7, 11) is 0. The molecule has 0 aromatic heterocycles. The number of phenols is 1. The summed E-state index contributed by atoms with van der Waals surface area (Å²) in [6.45, 7) is 1.72. The van der Waals surface area contributed by atoms with Gasteiger partial charge in [-0.15, -0.1) is 0 Å². The van der Waals surface area contributed by atoms with Gasteiger partial charge >= 0.3 is 0 Å². The fourth-order valence-corrected chi connectivity index (χ4v) is 2.91. The van der Waals surface area contributed by atoms with E-state index in [2.05, 4.69) is 16.1 Å². The van der Waals surface area contributed by atoms with Crippen LogP contribution in [0.3, 0.4) is 0 Å². The first-order valence-electron chi connectivity index (χ1n) is 4.69. The molecule has 0 spiro atoms. The molecule has 0 amide bonds. The minimum absolute atomic E-state index is 0.0000979. The molecule has 2 rings (SSSR count). The summed E-state index contributed by atoms with van der Waals surface area (Å²) >= 11 is 15.4. The third kappa shape index (κ3) is 2.26. The van der Waals surface area contributed by atoms with Crippen LogP contribution in [0.1, 0.15) is 17.5 Å². The molecule has 0 fully saturated rings. The maximum absolute atomic E-state index is 9.63. The Morgan fingerprint density at radius 3 is 2.87 bits per heavy atom. The largest absolute Gasteiger partial charge is 0.505 e. The average molecular weight is 311 g/mol. The van der Waals surface area contributed by atoms with Crippen LogP contribution in [0, 0.1) is 0 Å². The Morgan fingerprint density at radius 2 is 2.13 bits per heavy atom. The molecule has 1 aliphatic heterocycles. The molecule has 1 aromatic rings. The quantitative estimate of drug-likeness (QED) is 0.738. The Morgan fingerprint density at radius 1 is 1.40 bits per heavy atom. The van der Waals surface area contributed by atoms with Gasteiger partial charge in [0.25, 0.3) is 0 Å². The first-order chi connectivity index (χ1) is 7.09. The van der Waals surface area contributed by atoms with Crippen molar-refractivity contribution in [1.82, 2.24) is 3.93 Å². The molecule has 0 saturated carbocycles. The van der Waals surface area contributed by atoms with Gasteiger partial charge in [0, 0.05) is 29.2 Å². The molecule has 0 unspecified atom stereocenters. The summed E-state index contributed by atoms with van der Waals surface area (Å²) in [5, 5.41) is 10.4. The Balaban J connectivity index is 2.52. The third-order valence-corrected chi connectivity index (χ3v) is 3.86. The van der Waals surface area contributed by atoms with Gasteiger partial charge in [-0.25, -0.2) is 3.93 Å². The zero-order valence-electron chi connectivity index (χ0n) is 7.93. The highest BCUT2D eigenvalue weighted by Crippen LogP contribution is 2.38. The van der Waals surface area contributed by atoms with E-state index in [1.165, 1.54) is 0 Å². The average Bonchev–Trinajstić information content (AvgIpc) is 2.36. The highest BCUT2D eigenvalue weighted by atomic mass is 79.9. The predicted molar refractivity (Wildman–Crippen MR) is 65.8 cm³/mol. The predicted octanol–water partition coefficient (Wildman–Crippen LogP) is 3.76. The number of fused-ring (bicyclic) bond motifs is 1. The van der Waals surface area contributed by atoms with E-state index in [4.69, 9.17) is 23.2 Å². The van der Waals surface area contributed by atoms with Crippen molar-refractivity contribution >= 4 is 39.3 Å². The number of phenolic OH excluding ortho intramolecular Hbond substituents is 1. The molecule has 1 N–H and O–H groups in total. The van der Waals surface area contributed by atoms with Gasteiger partial charge in [-0.3, -0.25) is 0 Å². The fraction of sp³-hybridized carbons (Fsp3) is 0.400. The van der Waals surface area contributed by atoms with E-state index in [9.17, 15) is 5.11 Å². The van der Waals surface area contributed by atoms with Crippen LogP contribution >= 0.6 is 39.3 Å². The summed E-state index contributed by atoms with van der Waals surface area (Å²) in [4.78, 5) is 0. The number of hydrogen-bond donors (Lipinski definition) is 1. The summed E-state index contributed by atoms with van der Waals surface area (Å²) in [6, 6.07) is 1.79. The summed E-state index contributed by atoms with van der Waals surface area (Å²) in [5.41, 5.74) is 2.10. The molecule has 15 heavy (non-hydrogen) atoms. The Bertz CT molecular complexity index is 397. The van der Waals surface area contributed by atoms with Gasteiger partial charge in [0.2, 0.25) is 0 Å². The molecule has 1 aliphatic rings. The van der Waals surface area contributed by atoms with Crippen molar-refractivity contribution in [2.75, 3.05) is 6.54 Å². The highest BCUT2D eigenvalue weighted by molar-refractivity contribution is 9.07. The van der Waals surface area contributed by atoms with Crippen LogP contribution in [0.4, 0.5) is 0 Å². The number of hydrogen-bond acceptors (Lipinski definition) is 2. The number of halogens is 3. The number of rotatable bonds is 0. The van der Waals surface area contributed by atoms with E-state index < -0.39 is 0 Å². The summed E-state index contributed by atoms with van der Waals surface area (Å²) < 4.78 is 2.04. The van der Waals surface area contributed by atoms with Gasteiger partial charge in [0.1, 0.15) is 0 Å². The second-order valence-corrected chi connectivity index (χ2v) is 5.39. The molecule has 0 aliphatic carbocycles. The van der Waals surface area contributed by atoms with Crippen molar-refractivity contribution in [2.45, 2.75) is 19.4 Å². The first kappa shape index (κ1) is 11.5. The third-order valence-electron chi connectivity index (χ3n) is 2.56. The highest BCUT2D eigenvalue weighted by Gasteiger charge is 2.19. The summed E-state index contributed by atoms with van der Waals surface area (Å²) in [5.74, 6) is 0.0000979. The Kier molecular flexibility index (Phi) is 3.45. The van der Waals surface area contributed by atoms with E-state index in [0.29, 0.717) is 10.0 Å².